The number of halogens is 2. The molecular formula is C14H17F2NO5S. The van der Waals surface area contributed by atoms with Gasteiger partial charge >= 0.3 is 5.97 Å². The Labute approximate surface area is 132 Å². The second-order valence-electron chi connectivity index (χ2n) is 5.48. The number of benzene rings is 1. The Kier molecular flexibility index (Phi) is 4.74. The molecule has 1 unspecified atom stereocenters. The van der Waals surface area contributed by atoms with Crippen molar-refractivity contribution in [2.45, 2.75) is 30.2 Å². The van der Waals surface area contributed by atoms with Gasteiger partial charge in [-0.2, -0.15) is 4.31 Å². The predicted octanol–water partition coefficient (Wildman–Crippen LogP) is 1.53. The van der Waals surface area contributed by atoms with Gasteiger partial charge in [0.1, 0.15) is 16.5 Å². The van der Waals surface area contributed by atoms with Gasteiger partial charge in [-0.05, 0) is 31.4 Å². The van der Waals surface area contributed by atoms with Crippen LogP contribution in [-0.2, 0) is 19.6 Å². The van der Waals surface area contributed by atoms with Crippen LogP contribution in [0.25, 0.3) is 0 Å². The summed E-state index contributed by atoms with van der Waals surface area (Å²) >= 11 is 0. The van der Waals surface area contributed by atoms with Gasteiger partial charge in [-0.3, -0.25) is 4.79 Å². The van der Waals surface area contributed by atoms with Gasteiger partial charge in [0.25, 0.3) is 0 Å². The summed E-state index contributed by atoms with van der Waals surface area (Å²) in [6.07, 6.45) is 0.355. The van der Waals surface area contributed by atoms with E-state index in [4.69, 9.17) is 4.74 Å². The van der Waals surface area contributed by atoms with Crippen LogP contribution in [0.3, 0.4) is 0 Å². The van der Waals surface area contributed by atoms with Crippen LogP contribution in [0.2, 0.25) is 0 Å². The monoisotopic (exact) mass is 349 g/mol. The third-order valence-electron chi connectivity index (χ3n) is 3.99. The summed E-state index contributed by atoms with van der Waals surface area (Å²) in [5, 5.41) is 9.50. The van der Waals surface area contributed by atoms with Crippen LogP contribution < -0.4 is 0 Å². The lowest BCUT2D eigenvalue weighted by Crippen LogP contribution is -2.56. The Morgan fingerprint density at radius 3 is 2.61 bits per heavy atom. The van der Waals surface area contributed by atoms with Gasteiger partial charge in [-0.1, -0.05) is 0 Å². The van der Waals surface area contributed by atoms with Crippen LogP contribution in [0.1, 0.15) is 18.4 Å². The number of carboxylic acids is 1. The molecule has 9 heteroatoms. The molecule has 128 valence electrons. The maximum atomic E-state index is 14.0. The summed E-state index contributed by atoms with van der Waals surface area (Å²) in [6.45, 7) is 0.870. The second-order valence-corrected chi connectivity index (χ2v) is 7.31. The highest BCUT2D eigenvalue weighted by Crippen LogP contribution is 2.36. The Bertz CT molecular complexity index is 737. The van der Waals surface area contributed by atoms with Gasteiger partial charge in [-0.25, -0.2) is 17.2 Å². The number of aliphatic carboxylic acids is 1. The van der Waals surface area contributed by atoms with Gasteiger partial charge in [0, 0.05) is 19.7 Å². The number of methoxy groups -OCH3 is 1. The first-order chi connectivity index (χ1) is 10.7. The lowest BCUT2D eigenvalue weighted by atomic mass is 9.99. The predicted molar refractivity (Wildman–Crippen MR) is 76.5 cm³/mol. The molecule has 1 heterocycles. The number of hydrogen-bond donors (Lipinski definition) is 1. The van der Waals surface area contributed by atoms with Crippen LogP contribution in [0, 0.1) is 18.6 Å². The zero-order valence-corrected chi connectivity index (χ0v) is 13.5. The summed E-state index contributed by atoms with van der Waals surface area (Å²) in [4.78, 5) is 10.9. The minimum atomic E-state index is -4.45. The molecular weight excluding hydrogens is 332 g/mol. The van der Waals surface area contributed by atoms with E-state index >= 15 is 0 Å². The van der Waals surface area contributed by atoms with Crippen molar-refractivity contribution in [3.05, 3.63) is 29.3 Å². The third-order valence-corrected chi connectivity index (χ3v) is 5.97. The molecule has 23 heavy (non-hydrogen) atoms. The van der Waals surface area contributed by atoms with E-state index in [-0.39, 0.29) is 25.1 Å². The fourth-order valence-electron chi connectivity index (χ4n) is 2.81. The number of carbonyl (C=O) groups is 1. The van der Waals surface area contributed by atoms with Crippen molar-refractivity contribution in [1.29, 1.82) is 0 Å². The van der Waals surface area contributed by atoms with E-state index in [1.54, 1.807) is 0 Å². The summed E-state index contributed by atoms with van der Waals surface area (Å²) in [5.41, 5.74) is -1.83. The number of rotatable bonds is 5. The maximum Gasteiger partial charge on any atom is 0.327 e. The van der Waals surface area contributed by atoms with Crippen molar-refractivity contribution in [3.8, 4) is 0 Å². The van der Waals surface area contributed by atoms with Crippen molar-refractivity contribution in [2.75, 3.05) is 20.3 Å². The quantitative estimate of drug-likeness (QED) is 0.871. The van der Waals surface area contributed by atoms with Crippen LogP contribution >= 0.6 is 0 Å². The van der Waals surface area contributed by atoms with Crippen molar-refractivity contribution in [3.63, 3.8) is 0 Å². The van der Waals surface area contributed by atoms with E-state index < -0.39 is 38.1 Å². The molecule has 1 atom stereocenters. The Balaban J connectivity index is 2.59. The molecule has 1 aliphatic heterocycles. The van der Waals surface area contributed by atoms with Crippen LogP contribution in [0.15, 0.2) is 17.0 Å². The summed E-state index contributed by atoms with van der Waals surface area (Å²) in [7, 11) is -3.19. The number of nitrogens with zero attached hydrogens (tertiary/aromatic N) is 1. The topological polar surface area (TPSA) is 83.9 Å². The summed E-state index contributed by atoms with van der Waals surface area (Å²) < 4.78 is 58.5. The fourth-order valence-corrected chi connectivity index (χ4v) is 4.73. The highest BCUT2D eigenvalue weighted by atomic mass is 32.2. The van der Waals surface area contributed by atoms with Crippen LogP contribution in [0.5, 0.6) is 0 Å². The van der Waals surface area contributed by atoms with Gasteiger partial charge in [-0.15, -0.1) is 0 Å². The van der Waals surface area contributed by atoms with Crippen molar-refractivity contribution >= 4 is 16.0 Å². The molecule has 0 aromatic heterocycles. The maximum absolute atomic E-state index is 14.0. The molecule has 1 aliphatic rings. The Morgan fingerprint density at radius 1 is 1.39 bits per heavy atom. The summed E-state index contributed by atoms with van der Waals surface area (Å²) in [5.74, 6) is -3.49. The molecule has 1 N–H and O–H groups in total. The Hall–Kier alpha value is -1.58. The SMILES string of the molecule is COCC1(C(=O)O)CCCN1S(=O)(=O)c1cc(C)c(F)cc1F. The van der Waals surface area contributed by atoms with Crippen molar-refractivity contribution in [1.82, 2.24) is 4.31 Å². The van der Waals surface area contributed by atoms with Crippen molar-refractivity contribution < 1.29 is 31.8 Å². The molecule has 1 aromatic rings. The fraction of sp³-hybridized carbons (Fsp3) is 0.500. The highest BCUT2D eigenvalue weighted by Gasteiger charge is 2.54. The summed E-state index contributed by atoms with van der Waals surface area (Å²) in [6, 6.07) is 1.36. The minimum Gasteiger partial charge on any atom is -0.480 e. The molecule has 0 bridgehead atoms. The van der Waals surface area contributed by atoms with Gasteiger partial charge in [0.2, 0.25) is 10.0 Å². The average Bonchev–Trinajstić information content (AvgIpc) is 2.89. The lowest BCUT2D eigenvalue weighted by molar-refractivity contribution is -0.150. The van der Waals surface area contributed by atoms with Gasteiger partial charge < -0.3 is 9.84 Å². The molecule has 0 aliphatic carbocycles. The van der Waals surface area contributed by atoms with Crippen molar-refractivity contribution in [2.24, 2.45) is 0 Å². The molecule has 0 radical (unpaired) electrons. The molecule has 1 aromatic carbocycles. The number of ether oxygens (including phenoxy) is 1. The van der Waals surface area contributed by atoms with Gasteiger partial charge in [0.15, 0.2) is 5.54 Å². The van der Waals surface area contributed by atoms with E-state index in [1.165, 1.54) is 14.0 Å². The van der Waals surface area contributed by atoms with E-state index in [1.807, 2.05) is 0 Å². The molecule has 6 nitrogen and oxygen atoms in total. The number of aryl methyl sites for hydroxylation is 1. The smallest absolute Gasteiger partial charge is 0.327 e. The zero-order chi connectivity index (χ0) is 17.4. The molecule has 0 spiro atoms. The van der Waals surface area contributed by atoms with E-state index in [2.05, 4.69) is 0 Å². The number of carboxylic acid groups (broad SMARTS) is 1. The average molecular weight is 349 g/mol. The third kappa shape index (κ3) is 2.84. The normalized spacial score (nSPS) is 22.4. The first-order valence-corrected chi connectivity index (χ1v) is 8.31. The highest BCUT2D eigenvalue weighted by molar-refractivity contribution is 7.89. The van der Waals surface area contributed by atoms with E-state index in [9.17, 15) is 27.1 Å². The largest absolute Gasteiger partial charge is 0.480 e. The molecule has 2 rings (SSSR count). The van der Waals surface area contributed by atoms with E-state index in [0.29, 0.717) is 12.5 Å². The van der Waals surface area contributed by atoms with Gasteiger partial charge in [0.05, 0.1) is 6.61 Å². The zero-order valence-electron chi connectivity index (χ0n) is 12.7. The number of sulfonamides is 1. The van der Waals surface area contributed by atoms with Crippen LogP contribution in [-0.4, -0.2) is 49.6 Å². The molecule has 1 fully saturated rings. The molecule has 1 saturated heterocycles. The first kappa shape index (κ1) is 17.8. The van der Waals surface area contributed by atoms with E-state index in [0.717, 1.165) is 10.4 Å². The first-order valence-electron chi connectivity index (χ1n) is 6.87. The standard InChI is InChI=1S/C14H17F2NO5S/c1-9-6-12(11(16)7-10(9)15)23(20,21)17-5-3-4-14(17,8-22-2)13(18)19/h6-7H,3-5,8H2,1-2H3,(H,18,19). The minimum absolute atomic E-state index is 0.0446. The van der Waals surface area contributed by atoms with Crippen LogP contribution in [0.4, 0.5) is 8.78 Å². The number of hydrogen-bond acceptors (Lipinski definition) is 4. The lowest BCUT2D eigenvalue weighted by Gasteiger charge is -2.33. The Morgan fingerprint density at radius 2 is 2.04 bits per heavy atom. The second kappa shape index (κ2) is 6.14. The molecule has 0 saturated carbocycles. The molecule has 0 amide bonds.